The molecule has 2 aliphatic rings. The first-order chi connectivity index (χ1) is 10.6. The van der Waals surface area contributed by atoms with Gasteiger partial charge in [-0.3, -0.25) is 4.79 Å². The fourth-order valence-electron chi connectivity index (χ4n) is 3.23. The Balaban J connectivity index is 1.58. The van der Waals surface area contributed by atoms with Crippen molar-refractivity contribution in [2.24, 2.45) is 0 Å². The number of aromatic nitrogens is 2. The number of piperidine rings is 1. The summed E-state index contributed by atoms with van der Waals surface area (Å²) >= 11 is 0. The molecule has 22 heavy (non-hydrogen) atoms. The number of H-pyrrole nitrogens is 1. The van der Waals surface area contributed by atoms with Crippen LogP contribution in [0.5, 0.6) is 0 Å². The second-order valence-electron chi connectivity index (χ2n) is 6.30. The Morgan fingerprint density at radius 1 is 1.23 bits per heavy atom. The Morgan fingerprint density at radius 3 is 2.50 bits per heavy atom. The summed E-state index contributed by atoms with van der Waals surface area (Å²) in [5.41, 5.74) is 2.20. The summed E-state index contributed by atoms with van der Waals surface area (Å²) in [5, 5.41) is 0. The van der Waals surface area contributed by atoms with Crippen LogP contribution in [0.25, 0.3) is 0 Å². The van der Waals surface area contributed by atoms with E-state index in [9.17, 15) is 4.79 Å². The maximum absolute atomic E-state index is 12.6. The van der Waals surface area contributed by atoms with Crippen molar-refractivity contribution in [2.75, 3.05) is 26.3 Å². The Labute approximate surface area is 131 Å². The minimum atomic E-state index is -0.446. The third-order valence-electron chi connectivity index (χ3n) is 4.77. The van der Waals surface area contributed by atoms with Gasteiger partial charge in [0.25, 0.3) is 5.91 Å². The van der Waals surface area contributed by atoms with E-state index >= 15 is 0 Å². The number of hydrogen-bond acceptors (Lipinski definition) is 4. The maximum Gasteiger partial charge on any atom is 0.254 e. The average molecular weight is 307 g/mol. The summed E-state index contributed by atoms with van der Waals surface area (Å²) in [5.74, 6) is 1.54. The predicted octanol–water partition coefficient (Wildman–Crippen LogP) is 1.54. The Morgan fingerprint density at radius 2 is 1.91 bits per heavy atom. The van der Waals surface area contributed by atoms with Crippen LogP contribution in [0.1, 0.15) is 42.9 Å². The molecule has 0 saturated carbocycles. The fraction of sp³-hybridized carbons (Fsp3) is 0.750. The van der Waals surface area contributed by atoms with Gasteiger partial charge in [-0.05, 0) is 33.6 Å². The molecule has 122 valence electrons. The third-order valence-corrected chi connectivity index (χ3v) is 4.77. The van der Waals surface area contributed by atoms with Gasteiger partial charge in [0, 0.05) is 24.7 Å². The van der Waals surface area contributed by atoms with Crippen LogP contribution in [0.4, 0.5) is 0 Å². The smallest absolute Gasteiger partial charge is 0.254 e. The van der Waals surface area contributed by atoms with Crippen LogP contribution in [0.15, 0.2) is 0 Å². The van der Waals surface area contributed by atoms with Gasteiger partial charge in [-0.25, -0.2) is 4.98 Å². The molecule has 6 heteroatoms. The number of carbonyl (C=O) groups is 1. The van der Waals surface area contributed by atoms with Gasteiger partial charge in [0.2, 0.25) is 0 Å². The van der Waals surface area contributed by atoms with Crippen molar-refractivity contribution < 1.29 is 14.3 Å². The fourth-order valence-corrected chi connectivity index (χ4v) is 3.23. The van der Waals surface area contributed by atoms with Crippen LogP contribution in [0.3, 0.4) is 0 Å². The summed E-state index contributed by atoms with van der Waals surface area (Å²) < 4.78 is 11.1. The van der Waals surface area contributed by atoms with E-state index in [0.29, 0.717) is 19.1 Å². The molecule has 1 aromatic rings. The van der Waals surface area contributed by atoms with Crippen LogP contribution < -0.4 is 0 Å². The summed E-state index contributed by atoms with van der Waals surface area (Å²) in [4.78, 5) is 22.4. The Hall–Kier alpha value is -1.40. The van der Waals surface area contributed by atoms with E-state index in [0.717, 1.165) is 43.1 Å². The number of aryl methyl sites for hydroxylation is 2. The molecule has 3 rings (SSSR count). The molecule has 0 bridgehead atoms. The van der Waals surface area contributed by atoms with E-state index in [4.69, 9.17) is 9.47 Å². The minimum absolute atomic E-state index is 0.0671. The van der Waals surface area contributed by atoms with Gasteiger partial charge in [0.15, 0.2) is 6.10 Å². The monoisotopic (exact) mass is 307 g/mol. The highest BCUT2D eigenvalue weighted by molar-refractivity contribution is 5.81. The molecule has 0 radical (unpaired) electrons. The zero-order valence-corrected chi connectivity index (χ0v) is 13.6. The van der Waals surface area contributed by atoms with Crippen molar-refractivity contribution in [2.45, 2.75) is 51.7 Å². The zero-order chi connectivity index (χ0) is 15.7. The lowest BCUT2D eigenvalue weighted by molar-refractivity contribution is -0.172. The number of aromatic amines is 1. The van der Waals surface area contributed by atoms with Gasteiger partial charge >= 0.3 is 0 Å². The molecule has 2 aliphatic heterocycles. The number of hydrogen-bond donors (Lipinski definition) is 1. The zero-order valence-electron chi connectivity index (χ0n) is 13.6. The number of rotatable bonds is 2. The highest BCUT2D eigenvalue weighted by Crippen LogP contribution is 2.27. The first-order valence-corrected chi connectivity index (χ1v) is 8.11. The van der Waals surface area contributed by atoms with Gasteiger partial charge in [0.05, 0.1) is 25.0 Å². The Kier molecular flexibility index (Phi) is 4.49. The summed E-state index contributed by atoms with van der Waals surface area (Å²) in [6, 6.07) is 0. The molecule has 2 fully saturated rings. The van der Waals surface area contributed by atoms with E-state index in [1.165, 1.54) is 0 Å². The standard InChI is InChI=1S/C16H25N3O3/c1-10-11(2)18-15(17-10)13-4-6-19(7-5-13)16(20)14-12(3)21-8-9-22-14/h12-14H,4-9H2,1-3H3,(H,17,18)/t12-,14-/m0/s1. The SMILES string of the molecule is Cc1nc(C2CCN(C(=O)[C@H]3OCCO[C@H]3C)CC2)[nH]c1C. The molecule has 6 nitrogen and oxygen atoms in total. The van der Waals surface area contributed by atoms with Crippen molar-refractivity contribution >= 4 is 5.91 Å². The van der Waals surface area contributed by atoms with E-state index in [2.05, 4.69) is 9.97 Å². The molecule has 2 saturated heterocycles. The molecule has 0 aliphatic carbocycles. The van der Waals surface area contributed by atoms with Crippen molar-refractivity contribution in [3.05, 3.63) is 17.2 Å². The van der Waals surface area contributed by atoms with Crippen LogP contribution in [0.2, 0.25) is 0 Å². The lowest BCUT2D eigenvalue weighted by Gasteiger charge is -2.36. The van der Waals surface area contributed by atoms with Crippen molar-refractivity contribution in [1.82, 2.24) is 14.9 Å². The lowest BCUT2D eigenvalue weighted by atomic mass is 9.95. The molecule has 2 atom stereocenters. The van der Waals surface area contributed by atoms with Crippen molar-refractivity contribution in [3.63, 3.8) is 0 Å². The summed E-state index contributed by atoms with van der Waals surface area (Å²) in [7, 11) is 0. The number of amides is 1. The average Bonchev–Trinajstić information content (AvgIpc) is 2.87. The van der Waals surface area contributed by atoms with Crippen molar-refractivity contribution in [1.29, 1.82) is 0 Å². The van der Waals surface area contributed by atoms with Gasteiger partial charge < -0.3 is 19.4 Å². The lowest BCUT2D eigenvalue weighted by Crippen LogP contribution is -2.51. The van der Waals surface area contributed by atoms with Gasteiger partial charge in [-0.15, -0.1) is 0 Å². The van der Waals surface area contributed by atoms with Crippen molar-refractivity contribution in [3.8, 4) is 0 Å². The highest BCUT2D eigenvalue weighted by atomic mass is 16.6. The van der Waals surface area contributed by atoms with Gasteiger partial charge in [0.1, 0.15) is 5.82 Å². The van der Waals surface area contributed by atoms with E-state index in [1.807, 2.05) is 25.7 Å². The highest BCUT2D eigenvalue weighted by Gasteiger charge is 2.35. The molecular formula is C16H25N3O3. The third kappa shape index (κ3) is 3.03. The van der Waals surface area contributed by atoms with Gasteiger partial charge in [-0.1, -0.05) is 0 Å². The second-order valence-corrected chi connectivity index (χ2v) is 6.30. The Bertz CT molecular complexity index is 515. The topological polar surface area (TPSA) is 67.5 Å². The molecule has 0 unspecified atom stereocenters. The molecule has 1 N–H and O–H groups in total. The normalized spacial score (nSPS) is 27.1. The first-order valence-electron chi connectivity index (χ1n) is 8.11. The second kappa shape index (κ2) is 6.38. The molecule has 1 aromatic heterocycles. The summed E-state index contributed by atoms with van der Waals surface area (Å²) in [6.45, 7) is 8.57. The number of nitrogens with one attached hydrogen (secondary N) is 1. The van der Waals surface area contributed by atoms with Crippen LogP contribution in [0, 0.1) is 13.8 Å². The predicted molar refractivity (Wildman–Crippen MR) is 81.8 cm³/mol. The number of ether oxygens (including phenoxy) is 2. The number of likely N-dealkylation sites (tertiary alicyclic amines) is 1. The van der Waals surface area contributed by atoms with Crippen LogP contribution in [-0.2, 0) is 14.3 Å². The van der Waals surface area contributed by atoms with E-state index < -0.39 is 6.10 Å². The largest absolute Gasteiger partial charge is 0.373 e. The van der Waals surface area contributed by atoms with Gasteiger partial charge in [-0.2, -0.15) is 0 Å². The molecule has 0 spiro atoms. The molecule has 1 amide bonds. The summed E-state index contributed by atoms with van der Waals surface area (Å²) in [6.07, 6.45) is 1.29. The number of nitrogens with zero attached hydrogens (tertiary/aromatic N) is 2. The maximum atomic E-state index is 12.6. The van der Waals surface area contributed by atoms with E-state index in [-0.39, 0.29) is 12.0 Å². The van der Waals surface area contributed by atoms with Crippen LogP contribution in [-0.4, -0.2) is 59.3 Å². The molecule has 3 heterocycles. The minimum Gasteiger partial charge on any atom is -0.373 e. The van der Waals surface area contributed by atoms with E-state index in [1.54, 1.807) is 0 Å². The number of carbonyl (C=O) groups excluding carboxylic acids is 1. The number of imidazole rings is 1. The van der Waals surface area contributed by atoms with Crippen LogP contribution >= 0.6 is 0 Å². The first kappa shape index (κ1) is 15.5. The molecule has 0 aromatic carbocycles. The molecular weight excluding hydrogens is 282 g/mol. The quantitative estimate of drug-likeness (QED) is 0.900.